The van der Waals surface area contributed by atoms with Crippen LogP contribution in [0.5, 0.6) is 0 Å². The lowest BCUT2D eigenvalue weighted by molar-refractivity contribution is -0.384. The van der Waals surface area contributed by atoms with E-state index in [1.54, 1.807) is 0 Å². The molecular weight excluding hydrogens is 371 g/mol. The predicted octanol–water partition coefficient (Wildman–Crippen LogP) is 3.16. The molecule has 0 saturated heterocycles. The molecule has 11 heteroatoms. The van der Waals surface area contributed by atoms with Crippen molar-refractivity contribution in [1.82, 2.24) is 4.57 Å². The summed E-state index contributed by atoms with van der Waals surface area (Å²) in [4.78, 5) is 34.1. The first-order valence-electron chi connectivity index (χ1n) is 7.40. The Labute approximate surface area is 148 Å². The maximum atomic E-state index is 12.7. The smallest absolute Gasteiger partial charge is 0.407 e. The molecule has 1 aromatic heterocycles. The van der Waals surface area contributed by atoms with E-state index in [2.05, 4.69) is 5.32 Å². The Balaban J connectivity index is 1.83. The molecule has 1 N–H and O–H groups in total. The van der Waals surface area contributed by atoms with Gasteiger partial charge in [-0.15, -0.1) is 0 Å². The van der Waals surface area contributed by atoms with Crippen molar-refractivity contribution in [3.8, 4) is 0 Å². The first-order valence-corrected chi connectivity index (χ1v) is 7.40. The van der Waals surface area contributed by atoms with Gasteiger partial charge in [-0.25, -0.2) is 4.79 Å². The van der Waals surface area contributed by atoms with E-state index in [4.69, 9.17) is 4.42 Å². The second-order valence-corrected chi connectivity index (χ2v) is 5.49. The van der Waals surface area contributed by atoms with Crippen LogP contribution in [-0.2, 0) is 17.5 Å². The summed E-state index contributed by atoms with van der Waals surface area (Å²) in [5.41, 5.74) is -1.26. The second-order valence-electron chi connectivity index (χ2n) is 5.49. The van der Waals surface area contributed by atoms with Crippen LogP contribution in [0.4, 0.5) is 24.5 Å². The number of hydrogen-bond acceptors (Lipinski definition) is 5. The summed E-state index contributed by atoms with van der Waals surface area (Å²) >= 11 is 0. The minimum absolute atomic E-state index is 0.0823. The van der Waals surface area contributed by atoms with E-state index in [-0.39, 0.29) is 22.5 Å². The number of benzene rings is 2. The van der Waals surface area contributed by atoms with E-state index in [9.17, 15) is 32.9 Å². The lowest BCUT2D eigenvalue weighted by Crippen LogP contribution is -2.24. The third kappa shape index (κ3) is 3.81. The number of fused-ring (bicyclic) bond motifs is 1. The minimum atomic E-state index is -4.56. The number of amides is 1. The number of nitrogens with one attached hydrogen (secondary N) is 1. The van der Waals surface area contributed by atoms with Crippen LogP contribution in [-0.4, -0.2) is 15.4 Å². The molecule has 2 aromatic carbocycles. The van der Waals surface area contributed by atoms with Crippen LogP contribution in [0.2, 0.25) is 0 Å². The van der Waals surface area contributed by atoms with Crippen LogP contribution in [0.1, 0.15) is 5.56 Å². The number of nitrogens with zero attached hydrogens (tertiary/aromatic N) is 2. The van der Waals surface area contributed by atoms with Crippen molar-refractivity contribution in [3.63, 3.8) is 0 Å². The Bertz CT molecular complexity index is 1100. The number of rotatable bonds is 4. The fourth-order valence-corrected chi connectivity index (χ4v) is 2.44. The molecule has 3 aromatic rings. The van der Waals surface area contributed by atoms with Gasteiger partial charge >= 0.3 is 11.9 Å². The molecule has 1 heterocycles. The zero-order valence-corrected chi connectivity index (χ0v) is 13.3. The van der Waals surface area contributed by atoms with Gasteiger partial charge in [0.1, 0.15) is 6.54 Å². The van der Waals surface area contributed by atoms with Gasteiger partial charge in [0.05, 0.1) is 22.1 Å². The maximum absolute atomic E-state index is 12.7. The first kappa shape index (κ1) is 18.2. The Morgan fingerprint density at radius 2 is 1.96 bits per heavy atom. The van der Waals surface area contributed by atoms with Crippen molar-refractivity contribution in [2.75, 3.05) is 5.32 Å². The van der Waals surface area contributed by atoms with Crippen molar-refractivity contribution >= 4 is 28.4 Å². The summed E-state index contributed by atoms with van der Waals surface area (Å²) in [6, 6.07) is 7.45. The van der Waals surface area contributed by atoms with E-state index >= 15 is 0 Å². The van der Waals surface area contributed by atoms with Gasteiger partial charge in [0.15, 0.2) is 5.58 Å². The summed E-state index contributed by atoms with van der Waals surface area (Å²) in [5, 5.41) is 13.0. The van der Waals surface area contributed by atoms with Gasteiger partial charge in [-0.3, -0.25) is 19.5 Å². The minimum Gasteiger partial charge on any atom is -0.407 e. The highest BCUT2D eigenvalue weighted by Crippen LogP contribution is 2.30. The van der Waals surface area contributed by atoms with E-state index in [0.29, 0.717) is 0 Å². The number of alkyl halides is 3. The van der Waals surface area contributed by atoms with Gasteiger partial charge in [0, 0.05) is 11.8 Å². The third-order valence-corrected chi connectivity index (χ3v) is 3.64. The SMILES string of the molecule is O=C(Cn1c(=O)oc2cc([N+](=O)[O-])ccc21)Nc1cccc(C(F)(F)F)c1. The van der Waals surface area contributed by atoms with Crippen LogP contribution in [0, 0.1) is 10.1 Å². The fraction of sp³-hybridized carbons (Fsp3) is 0.125. The molecule has 0 bridgehead atoms. The van der Waals surface area contributed by atoms with Crippen molar-refractivity contribution in [1.29, 1.82) is 0 Å². The van der Waals surface area contributed by atoms with Gasteiger partial charge in [0.25, 0.3) is 5.69 Å². The standard InChI is InChI=1S/C16H10F3N3O5/c17-16(18,19)9-2-1-3-10(6-9)20-14(23)8-21-12-5-4-11(22(25)26)7-13(12)27-15(21)24/h1-7H,8H2,(H,20,23). The highest BCUT2D eigenvalue weighted by molar-refractivity contribution is 5.91. The topological polar surface area (TPSA) is 107 Å². The number of anilines is 1. The molecule has 0 aliphatic heterocycles. The number of non-ortho nitro benzene ring substituents is 1. The number of aromatic nitrogens is 1. The van der Waals surface area contributed by atoms with E-state index in [0.717, 1.165) is 34.9 Å². The number of nitro benzene ring substituents is 1. The number of hydrogen-bond donors (Lipinski definition) is 1. The molecule has 0 aliphatic rings. The van der Waals surface area contributed by atoms with Gasteiger partial charge in [-0.05, 0) is 24.3 Å². The number of carbonyl (C=O) groups is 1. The molecule has 3 rings (SSSR count). The normalized spacial score (nSPS) is 11.5. The second kappa shape index (κ2) is 6.59. The molecule has 0 fully saturated rings. The van der Waals surface area contributed by atoms with Gasteiger partial charge in [0.2, 0.25) is 5.91 Å². The van der Waals surface area contributed by atoms with Gasteiger partial charge in [-0.1, -0.05) is 6.07 Å². The first-order chi connectivity index (χ1) is 12.6. The van der Waals surface area contributed by atoms with Crippen molar-refractivity contribution in [3.05, 3.63) is 68.7 Å². The lowest BCUT2D eigenvalue weighted by Gasteiger charge is -2.10. The molecule has 140 valence electrons. The highest BCUT2D eigenvalue weighted by atomic mass is 19.4. The predicted molar refractivity (Wildman–Crippen MR) is 87.2 cm³/mol. The summed E-state index contributed by atoms with van der Waals surface area (Å²) < 4.78 is 43.9. The number of oxazole rings is 1. The zero-order chi connectivity index (χ0) is 19.8. The third-order valence-electron chi connectivity index (χ3n) is 3.64. The van der Waals surface area contributed by atoms with Crippen LogP contribution in [0.3, 0.4) is 0 Å². The number of carbonyl (C=O) groups excluding carboxylic acids is 1. The molecular formula is C16H10F3N3O5. The Kier molecular flexibility index (Phi) is 4.44. The van der Waals surface area contributed by atoms with Crippen LogP contribution >= 0.6 is 0 Å². The average Bonchev–Trinajstić information content (AvgIpc) is 2.89. The van der Waals surface area contributed by atoms with E-state index in [1.165, 1.54) is 12.1 Å². The van der Waals surface area contributed by atoms with Crippen LogP contribution < -0.4 is 11.1 Å². The molecule has 27 heavy (non-hydrogen) atoms. The summed E-state index contributed by atoms with van der Waals surface area (Å²) in [6.45, 7) is -0.542. The van der Waals surface area contributed by atoms with Crippen molar-refractivity contribution in [2.24, 2.45) is 0 Å². The molecule has 8 nitrogen and oxygen atoms in total. The monoisotopic (exact) mass is 381 g/mol. The molecule has 1 amide bonds. The molecule has 0 unspecified atom stereocenters. The van der Waals surface area contributed by atoms with Crippen molar-refractivity contribution in [2.45, 2.75) is 12.7 Å². The summed E-state index contributed by atoms with van der Waals surface area (Å²) in [6.07, 6.45) is -4.56. The molecule has 0 radical (unpaired) electrons. The number of nitro groups is 1. The summed E-state index contributed by atoms with van der Waals surface area (Å²) in [7, 11) is 0. The maximum Gasteiger partial charge on any atom is 0.420 e. The Morgan fingerprint density at radius 3 is 2.63 bits per heavy atom. The highest BCUT2D eigenvalue weighted by Gasteiger charge is 2.30. The van der Waals surface area contributed by atoms with Crippen LogP contribution in [0.15, 0.2) is 51.7 Å². The largest absolute Gasteiger partial charge is 0.420 e. The zero-order valence-electron chi connectivity index (χ0n) is 13.3. The molecule has 0 atom stereocenters. The van der Waals surface area contributed by atoms with Gasteiger partial charge < -0.3 is 9.73 Å². The number of halogens is 3. The van der Waals surface area contributed by atoms with Crippen LogP contribution in [0.25, 0.3) is 11.1 Å². The Hall–Kier alpha value is -3.63. The van der Waals surface area contributed by atoms with Gasteiger partial charge in [-0.2, -0.15) is 13.2 Å². The molecule has 0 aliphatic carbocycles. The van der Waals surface area contributed by atoms with E-state index in [1.807, 2.05) is 0 Å². The summed E-state index contributed by atoms with van der Waals surface area (Å²) in [5.74, 6) is -1.69. The molecule has 0 spiro atoms. The average molecular weight is 381 g/mol. The van der Waals surface area contributed by atoms with E-state index < -0.39 is 34.9 Å². The molecule has 0 saturated carbocycles. The van der Waals surface area contributed by atoms with Crippen molar-refractivity contribution < 1.29 is 27.3 Å². The quantitative estimate of drug-likeness (QED) is 0.552. The lowest BCUT2D eigenvalue weighted by atomic mass is 10.2. The fourth-order valence-electron chi connectivity index (χ4n) is 2.44. The Morgan fingerprint density at radius 1 is 1.22 bits per heavy atom.